The third kappa shape index (κ3) is 4.26. The molecule has 7 nitrogen and oxygen atoms in total. The molecule has 0 spiro atoms. The lowest BCUT2D eigenvalue weighted by Crippen LogP contribution is -2.47. The number of hydrogen-bond acceptors (Lipinski definition) is 7. The van der Waals surface area contributed by atoms with Gasteiger partial charge in [0.2, 0.25) is 0 Å². The van der Waals surface area contributed by atoms with E-state index >= 15 is 0 Å². The summed E-state index contributed by atoms with van der Waals surface area (Å²) in [6, 6.07) is 4.13. The summed E-state index contributed by atoms with van der Waals surface area (Å²) in [6.07, 6.45) is 3.92. The summed E-state index contributed by atoms with van der Waals surface area (Å²) < 4.78 is 1.75. The summed E-state index contributed by atoms with van der Waals surface area (Å²) in [4.78, 5) is 12.7. The van der Waals surface area contributed by atoms with Gasteiger partial charge in [-0.25, -0.2) is 9.97 Å². The summed E-state index contributed by atoms with van der Waals surface area (Å²) in [6.45, 7) is 7.83. The first-order valence-electron chi connectivity index (χ1n) is 10.5. The molecule has 1 atom stereocenters. The van der Waals surface area contributed by atoms with Gasteiger partial charge in [-0.05, 0) is 44.2 Å². The fraction of sp³-hybridized carbons (Fsp3) is 0.500. The van der Waals surface area contributed by atoms with Gasteiger partial charge in [0.25, 0.3) is 0 Å². The molecule has 1 unspecified atom stereocenters. The molecule has 1 saturated heterocycles. The highest BCUT2D eigenvalue weighted by Gasteiger charge is 2.34. The lowest BCUT2D eigenvalue weighted by Gasteiger charge is -2.42. The second-order valence-corrected chi connectivity index (χ2v) is 10.1. The lowest BCUT2D eigenvalue weighted by atomic mass is 9.75. The number of aliphatic hydroxyl groups is 1. The first-order chi connectivity index (χ1) is 14.7. The standard InChI is InChI=1S/C22H29ClN6OS/c1-13-21(31-17-6-5-15-11-28(4)27-19(15)18(17)23)26-16(12-30)20(25-13)29-9-7-22(3,8-10-29)14(2)24/h5-6,11,14,30H,7-10,12,24H2,1-4H3. The summed E-state index contributed by atoms with van der Waals surface area (Å²) in [5.74, 6) is 0.766. The summed E-state index contributed by atoms with van der Waals surface area (Å²) in [5, 5.41) is 16.8. The molecule has 1 aromatic carbocycles. The smallest absolute Gasteiger partial charge is 0.153 e. The topological polar surface area (TPSA) is 93.1 Å². The van der Waals surface area contributed by atoms with Crippen LogP contribution in [0.15, 0.2) is 28.3 Å². The molecule has 9 heteroatoms. The molecule has 0 saturated carbocycles. The van der Waals surface area contributed by atoms with E-state index in [4.69, 9.17) is 27.3 Å². The third-order valence-electron chi connectivity index (χ3n) is 6.43. The molecule has 4 rings (SSSR count). The molecular formula is C22H29ClN6OS. The fourth-order valence-electron chi connectivity index (χ4n) is 4.00. The van der Waals surface area contributed by atoms with Crippen molar-refractivity contribution in [1.82, 2.24) is 19.7 Å². The number of piperidine rings is 1. The molecule has 1 aliphatic rings. The van der Waals surface area contributed by atoms with Gasteiger partial charge in [0.05, 0.1) is 17.3 Å². The predicted octanol–water partition coefficient (Wildman–Crippen LogP) is 3.92. The molecule has 31 heavy (non-hydrogen) atoms. The largest absolute Gasteiger partial charge is 0.390 e. The average Bonchev–Trinajstić information content (AvgIpc) is 3.13. The molecular weight excluding hydrogens is 432 g/mol. The Morgan fingerprint density at radius 3 is 2.65 bits per heavy atom. The van der Waals surface area contributed by atoms with Gasteiger partial charge in [0.15, 0.2) is 5.82 Å². The van der Waals surface area contributed by atoms with Crippen LogP contribution in [-0.2, 0) is 13.7 Å². The first kappa shape index (κ1) is 22.3. The summed E-state index contributed by atoms with van der Waals surface area (Å²) in [5.41, 5.74) is 8.51. The zero-order chi connectivity index (χ0) is 22.3. The number of fused-ring (bicyclic) bond motifs is 1. The van der Waals surface area contributed by atoms with Crippen molar-refractivity contribution in [3.63, 3.8) is 0 Å². The Balaban J connectivity index is 1.61. The highest BCUT2D eigenvalue weighted by Crippen LogP contribution is 2.39. The molecule has 2 aromatic heterocycles. The van der Waals surface area contributed by atoms with Crippen molar-refractivity contribution in [2.75, 3.05) is 18.0 Å². The Bertz CT molecular complexity index is 1110. The Morgan fingerprint density at radius 2 is 2.00 bits per heavy atom. The molecule has 0 bridgehead atoms. The van der Waals surface area contributed by atoms with Crippen LogP contribution in [0.1, 0.15) is 38.1 Å². The van der Waals surface area contributed by atoms with Gasteiger partial charge in [0.1, 0.15) is 16.2 Å². The maximum Gasteiger partial charge on any atom is 0.153 e. The Hall–Kier alpha value is -1.87. The van der Waals surface area contributed by atoms with Gasteiger partial charge < -0.3 is 15.7 Å². The van der Waals surface area contributed by atoms with Crippen LogP contribution >= 0.6 is 23.4 Å². The Labute approximate surface area is 192 Å². The van der Waals surface area contributed by atoms with Crippen molar-refractivity contribution in [1.29, 1.82) is 0 Å². The van der Waals surface area contributed by atoms with Crippen LogP contribution < -0.4 is 10.6 Å². The second kappa shape index (κ2) is 8.58. The van der Waals surface area contributed by atoms with Crippen LogP contribution in [0.25, 0.3) is 10.9 Å². The van der Waals surface area contributed by atoms with Gasteiger partial charge in [-0.2, -0.15) is 5.10 Å². The van der Waals surface area contributed by atoms with E-state index in [2.05, 4.69) is 23.8 Å². The zero-order valence-corrected chi connectivity index (χ0v) is 20.0. The van der Waals surface area contributed by atoms with Crippen molar-refractivity contribution in [3.8, 4) is 0 Å². The Morgan fingerprint density at radius 1 is 1.29 bits per heavy atom. The number of aromatic nitrogens is 4. The number of rotatable bonds is 5. The van der Waals surface area contributed by atoms with Gasteiger partial charge in [-0.3, -0.25) is 4.68 Å². The van der Waals surface area contributed by atoms with E-state index in [9.17, 15) is 5.11 Å². The molecule has 166 valence electrons. The predicted molar refractivity (Wildman–Crippen MR) is 126 cm³/mol. The number of aliphatic hydroxyl groups excluding tert-OH is 1. The molecule has 3 N–H and O–H groups in total. The van der Waals surface area contributed by atoms with Crippen LogP contribution in [-0.4, -0.2) is 44.0 Å². The van der Waals surface area contributed by atoms with Crippen molar-refractivity contribution in [3.05, 3.63) is 34.7 Å². The van der Waals surface area contributed by atoms with Crippen molar-refractivity contribution >= 4 is 40.1 Å². The van der Waals surface area contributed by atoms with Crippen LogP contribution in [0.4, 0.5) is 5.82 Å². The lowest BCUT2D eigenvalue weighted by molar-refractivity contribution is 0.204. The minimum Gasteiger partial charge on any atom is -0.390 e. The summed E-state index contributed by atoms with van der Waals surface area (Å²) >= 11 is 8.08. The minimum absolute atomic E-state index is 0.134. The molecule has 3 aromatic rings. The number of halogens is 1. The van der Waals surface area contributed by atoms with E-state index in [1.165, 1.54) is 11.8 Å². The number of aryl methyl sites for hydroxylation is 2. The molecule has 1 aliphatic heterocycles. The molecule has 1 fully saturated rings. The fourth-order valence-corrected chi connectivity index (χ4v) is 5.21. The number of benzene rings is 1. The number of nitrogens with zero attached hydrogens (tertiary/aromatic N) is 5. The maximum absolute atomic E-state index is 10.0. The van der Waals surface area contributed by atoms with Crippen LogP contribution in [0, 0.1) is 12.3 Å². The number of nitrogens with two attached hydrogens (primary N) is 1. The van der Waals surface area contributed by atoms with Crippen LogP contribution in [0.3, 0.4) is 0 Å². The third-order valence-corrected chi connectivity index (χ3v) is 8.07. The minimum atomic E-state index is -0.162. The monoisotopic (exact) mass is 460 g/mol. The number of hydrogen-bond donors (Lipinski definition) is 2. The van der Waals surface area contributed by atoms with Gasteiger partial charge in [0, 0.05) is 42.7 Å². The average molecular weight is 461 g/mol. The van der Waals surface area contributed by atoms with Crippen molar-refractivity contribution in [2.45, 2.75) is 56.2 Å². The van der Waals surface area contributed by atoms with Crippen molar-refractivity contribution in [2.24, 2.45) is 18.2 Å². The molecule has 3 heterocycles. The highest BCUT2D eigenvalue weighted by atomic mass is 35.5. The van der Waals surface area contributed by atoms with E-state index in [1.54, 1.807) is 4.68 Å². The highest BCUT2D eigenvalue weighted by molar-refractivity contribution is 7.99. The quantitative estimate of drug-likeness (QED) is 0.595. The SMILES string of the molecule is Cc1nc(N2CCC(C)(C(C)N)CC2)c(CO)nc1Sc1ccc2cn(C)nc2c1Cl. The van der Waals surface area contributed by atoms with E-state index < -0.39 is 0 Å². The van der Waals surface area contributed by atoms with Gasteiger partial charge in [-0.1, -0.05) is 30.3 Å². The normalized spacial score (nSPS) is 17.3. The van der Waals surface area contributed by atoms with E-state index in [-0.39, 0.29) is 18.1 Å². The molecule has 0 aliphatic carbocycles. The van der Waals surface area contributed by atoms with E-state index in [0.29, 0.717) is 10.7 Å². The Kier molecular flexibility index (Phi) is 6.18. The van der Waals surface area contributed by atoms with E-state index in [0.717, 1.165) is 58.3 Å². The summed E-state index contributed by atoms with van der Waals surface area (Å²) in [7, 11) is 1.88. The molecule has 0 amide bonds. The molecule has 0 radical (unpaired) electrons. The van der Waals surface area contributed by atoms with E-state index in [1.807, 2.05) is 32.3 Å². The maximum atomic E-state index is 10.0. The van der Waals surface area contributed by atoms with Gasteiger partial charge in [-0.15, -0.1) is 0 Å². The van der Waals surface area contributed by atoms with Gasteiger partial charge >= 0.3 is 0 Å². The first-order valence-corrected chi connectivity index (χ1v) is 11.7. The zero-order valence-electron chi connectivity index (χ0n) is 18.4. The second-order valence-electron chi connectivity index (χ2n) is 8.69. The van der Waals surface area contributed by atoms with Crippen LogP contribution in [0.2, 0.25) is 5.02 Å². The van der Waals surface area contributed by atoms with Crippen LogP contribution in [0.5, 0.6) is 0 Å². The van der Waals surface area contributed by atoms with Crippen molar-refractivity contribution < 1.29 is 5.11 Å². The number of anilines is 1.